The first kappa shape index (κ1) is 11.6. The Morgan fingerprint density at radius 2 is 1.63 bits per heavy atom. The third-order valence-electron chi connectivity index (χ3n) is 2.95. The number of fused-ring (bicyclic) bond motifs is 1. The zero-order valence-corrected chi connectivity index (χ0v) is 9.78. The first-order chi connectivity index (χ1) is 9.13. The molecule has 4 heteroatoms. The van der Waals surface area contributed by atoms with Crippen LogP contribution in [0.4, 0.5) is 14.5 Å². The summed E-state index contributed by atoms with van der Waals surface area (Å²) in [7, 11) is 0. The van der Waals surface area contributed by atoms with Crippen molar-refractivity contribution < 1.29 is 13.6 Å². The molecular weight excluding hydrogens is 248 g/mol. The molecule has 94 valence electrons. The molecule has 0 radical (unpaired) electrons. The molecule has 0 saturated carbocycles. The Kier molecular flexibility index (Phi) is 2.63. The van der Waals surface area contributed by atoms with Gasteiger partial charge in [0.05, 0.1) is 5.69 Å². The zero-order chi connectivity index (χ0) is 13.4. The minimum atomic E-state index is -0.401. The molecular formula is C15H9F2NO. The maximum atomic E-state index is 13.1. The highest BCUT2D eigenvalue weighted by molar-refractivity contribution is 6.34. The third kappa shape index (κ3) is 2.12. The van der Waals surface area contributed by atoms with Gasteiger partial charge in [0.2, 0.25) is 0 Å². The second-order valence-corrected chi connectivity index (χ2v) is 4.25. The molecule has 1 aliphatic heterocycles. The molecule has 19 heavy (non-hydrogen) atoms. The number of benzene rings is 2. The standard InChI is InChI=1S/C15H9F2NO/c16-10-3-1-9(2-4-10)7-13-12-6-5-11(17)8-14(12)18-15(13)19/h1-8H,(H,18,19)/b13-7+. The largest absolute Gasteiger partial charge is 0.321 e. The van der Waals surface area contributed by atoms with Gasteiger partial charge in [-0.1, -0.05) is 12.1 Å². The molecule has 1 N–H and O–H groups in total. The van der Waals surface area contributed by atoms with E-state index in [1.165, 1.54) is 24.3 Å². The van der Waals surface area contributed by atoms with Crippen LogP contribution in [0.1, 0.15) is 11.1 Å². The highest BCUT2D eigenvalue weighted by Crippen LogP contribution is 2.33. The van der Waals surface area contributed by atoms with Crippen LogP contribution in [-0.2, 0) is 4.79 Å². The molecule has 0 saturated heterocycles. The van der Waals surface area contributed by atoms with E-state index in [-0.39, 0.29) is 11.7 Å². The molecule has 0 atom stereocenters. The Hall–Kier alpha value is -2.49. The summed E-state index contributed by atoms with van der Waals surface area (Å²) in [5, 5.41) is 2.60. The van der Waals surface area contributed by atoms with Gasteiger partial charge in [0.1, 0.15) is 11.6 Å². The molecule has 3 rings (SSSR count). The van der Waals surface area contributed by atoms with Crippen LogP contribution >= 0.6 is 0 Å². The summed E-state index contributed by atoms with van der Waals surface area (Å²) >= 11 is 0. The summed E-state index contributed by atoms with van der Waals surface area (Å²) in [6.45, 7) is 0. The Morgan fingerprint density at radius 3 is 2.37 bits per heavy atom. The average molecular weight is 257 g/mol. The number of rotatable bonds is 1. The van der Waals surface area contributed by atoms with Crippen molar-refractivity contribution in [1.29, 1.82) is 0 Å². The van der Waals surface area contributed by atoms with E-state index in [0.717, 1.165) is 0 Å². The van der Waals surface area contributed by atoms with E-state index in [9.17, 15) is 13.6 Å². The molecule has 0 aliphatic carbocycles. The number of carbonyl (C=O) groups is 1. The Morgan fingerprint density at radius 1 is 0.947 bits per heavy atom. The summed E-state index contributed by atoms with van der Waals surface area (Å²) in [6, 6.07) is 9.94. The van der Waals surface area contributed by atoms with Crippen molar-refractivity contribution in [2.75, 3.05) is 5.32 Å². The molecule has 2 aromatic carbocycles. The minimum Gasteiger partial charge on any atom is -0.321 e. The van der Waals surface area contributed by atoms with Crippen molar-refractivity contribution in [3.63, 3.8) is 0 Å². The summed E-state index contributed by atoms with van der Waals surface area (Å²) in [4.78, 5) is 11.8. The van der Waals surface area contributed by atoms with Crippen LogP contribution < -0.4 is 5.32 Å². The van der Waals surface area contributed by atoms with Crippen LogP contribution in [-0.4, -0.2) is 5.91 Å². The van der Waals surface area contributed by atoms with Gasteiger partial charge in [0.25, 0.3) is 5.91 Å². The molecule has 2 aromatic rings. The van der Waals surface area contributed by atoms with E-state index in [0.29, 0.717) is 22.4 Å². The smallest absolute Gasteiger partial charge is 0.256 e. The fraction of sp³-hybridized carbons (Fsp3) is 0. The van der Waals surface area contributed by atoms with Gasteiger partial charge in [0.15, 0.2) is 0 Å². The lowest BCUT2D eigenvalue weighted by molar-refractivity contribution is -0.110. The number of anilines is 1. The summed E-state index contributed by atoms with van der Waals surface area (Å²) in [5.74, 6) is -1.02. The Balaban J connectivity index is 2.06. The number of halogens is 2. The number of amides is 1. The molecule has 0 bridgehead atoms. The maximum Gasteiger partial charge on any atom is 0.256 e. The molecule has 0 spiro atoms. The van der Waals surface area contributed by atoms with E-state index in [2.05, 4.69) is 5.32 Å². The van der Waals surface area contributed by atoms with Gasteiger partial charge in [-0.25, -0.2) is 8.78 Å². The predicted molar refractivity (Wildman–Crippen MR) is 69.3 cm³/mol. The fourth-order valence-corrected chi connectivity index (χ4v) is 2.04. The molecule has 0 fully saturated rings. The normalized spacial score (nSPS) is 15.5. The van der Waals surface area contributed by atoms with Crippen LogP contribution in [0.25, 0.3) is 11.6 Å². The molecule has 2 nitrogen and oxygen atoms in total. The average Bonchev–Trinajstić information content (AvgIpc) is 2.68. The van der Waals surface area contributed by atoms with E-state index >= 15 is 0 Å². The lowest BCUT2D eigenvalue weighted by atomic mass is 10.0. The van der Waals surface area contributed by atoms with Gasteiger partial charge in [-0.05, 0) is 42.0 Å². The molecule has 1 amide bonds. The first-order valence-corrected chi connectivity index (χ1v) is 5.72. The van der Waals surface area contributed by atoms with Crippen LogP contribution in [0.3, 0.4) is 0 Å². The molecule has 1 heterocycles. The predicted octanol–water partition coefficient (Wildman–Crippen LogP) is 3.46. The third-order valence-corrected chi connectivity index (χ3v) is 2.95. The van der Waals surface area contributed by atoms with Crippen molar-refractivity contribution in [3.05, 3.63) is 65.2 Å². The second-order valence-electron chi connectivity index (χ2n) is 4.25. The van der Waals surface area contributed by atoms with Crippen molar-refractivity contribution in [2.45, 2.75) is 0 Å². The summed E-state index contributed by atoms with van der Waals surface area (Å²) in [5.41, 5.74) is 2.26. The lowest BCUT2D eigenvalue weighted by Gasteiger charge is -1.99. The van der Waals surface area contributed by atoms with Gasteiger partial charge in [-0.15, -0.1) is 0 Å². The quantitative estimate of drug-likeness (QED) is 0.779. The van der Waals surface area contributed by atoms with Crippen molar-refractivity contribution >= 4 is 23.2 Å². The van der Waals surface area contributed by atoms with Gasteiger partial charge >= 0.3 is 0 Å². The highest BCUT2D eigenvalue weighted by Gasteiger charge is 2.24. The Labute approximate surface area is 108 Å². The van der Waals surface area contributed by atoms with E-state index < -0.39 is 5.82 Å². The maximum absolute atomic E-state index is 13.1. The topological polar surface area (TPSA) is 29.1 Å². The number of nitrogens with one attached hydrogen (secondary N) is 1. The van der Waals surface area contributed by atoms with Gasteiger partial charge in [0, 0.05) is 11.1 Å². The van der Waals surface area contributed by atoms with Gasteiger partial charge < -0.3 is 5.32 Å². The van der Waals surface area contributed by atoms with E-state index in [1.807, 2.05) is 0 Å². The molecule has 1 aliphatic rings. The zero-order valence-electron chi connectivity index (χ0n) is 9.78. The summed E-state index contributed by atoms with van der Waals surface area (Å²) < 4.78 is 25.9. The van der Waals surface area contributed by atoms with Crippen LogP contribution in [0.15, 0.2) is 42.5 Å². The number of carbonyl (C=O) groups excluding carboxylic acids is 1. The van der Waals surface area contributed by atoms with Crippen molar-refractivity contribution in [3.8, 4) is 0 Å². The van der Waals surface area contributed by atoms with Crippen molar-refractivity contribution in [2.24, 2.45) is 0 Å². The van der Waals surface area contributed by atoms with Crippen LogP contribution in [0.2, 0.25) is 0 Å². The highest BCUT2D eigenvalue weighted by atomic mass is 19.1. The molecule has 0 unspecified atom stereocenters. The van der Waals surface area contributed by atoms with Crippen molar-refractivity contribution in [1.82, 2.24) is 0 Å². The SMILES string of the molecule is O=C1Nc2cc(F)ccc2/C1=C\c1ccc(F)cc1. The first-order valence-electron chi connectivity index (χ1n) is 5.72. The Bertz CT molecular complexity index is 690. The monoisotopic (exact) mass is 257 g/mol. The van der Waals surface area contributed by atoms with E-state index in [1.54, 1.807) is 24.3 Å². The lowest BCUT2D eigenvalue weighted by Crippen LogP contribution is -2.03. The van der Waals surface area contributed by atoms with Gasteiger partial charge in [-0.3, -0.25) is 4.79 Å². The second kappa shape index (κ2) is 4.31. The molecule has 0 aromatic heterocycles. The van der Waals surface area contributed by atoms with Crippen LogP contribution in [0, 0.1) is 11.6 Å². The number of hydrogen-bond donors (Lipinski definition) is 1. The fourth-order valence-electron chi connectivity index (χ4n) is 2.04. The van der Waals surface area contributed by atoms with E-state index in [4.69, 9.17) is 0 Å². The van der Waals surface area contributed by atoms with Gasteiger partial charge in [-0.2, -0.15) is 0 Å². The minimum absolute atomic E-state index is 0.287. The number of hydrogen-bond acceptors (Lipinski definition) is 1. The van der Waals surface area contributed by atoms with Crippen LogP contribution in [0.5, 0.6) is 0 Å². The summed E-state index contributed by atoms with van der Waals surface area (Å²) in [6.07, 6.45) is 1.65.